The summed E-state index contributed by atoms with van der Waals surface area (Å²) in [6.07, 6.45) is 2.35. The van der Waals surface area contributed by atoms with Crippen LogP contribution in [0.25, 0.3) is 0 Å². The normalized spacial score (nSPS) is 20.3. The van der Waals surface area contributed by atoms with E-state index in [1.807, 2.05) is 0 Å². The summed E-state index contributed by atoms with van der Waals surface area (Å²) in [6, 6.07) is 5.57. The maximum absolute atomic E-state index is 12.5. The van der Waals surface area contributed by atoms with Crippen LogP contribution in [0.1, 0.15) is 35.2 Å². The Hall–Kier alpha value is -1.44. The third-order valence-electron chi connectivity index (χ3n) is 3.66. The number of carbonyl (C=O) groups is 1. The van der Waals surface area contributed by atoms with Crippen LogP contribution < -0.4 is 0 Å². The molecular formula is C14H19NO5S. The minimum absolute atomic E-state index is 0.0695. The number of benzene rings is 1. The first-order valence-electron chi connectivity index (χ1n) is 6.86. The van der Waals surface area contributed by atoms with Crippen molar-refractivity contribution in [3.05, 3.63) is 35.4 Å². The molecule has 1 saturated heterocycles. The van der Waals surface area contributed by atoms with Crippen molar-refractivity contribution in [2.75, 3.05) is 13.2 Å². The van der Waals surface area contributed by atoms with Gasteiger partial charge in [0.25, 0.3) is 0 Å². The molecule has 1 aliphatic rings. The Bertz CT molecular complexity index is 614. The molecule has 1 atom stereocenters. The number of aliphatic hydroxyl groups excluding tert-OH is 1. The molecule has 0 radical (unpaired) electrons. The van der Waals surface area contributed by atoms with E-state index >= 15 is 0 Å². The smallest absolute Gasteiger partial charge is 0.335 e. The number of rotatable bonds is 5. The average Bonchev–Trinajstić information content (AvgIpc) is 2.47. The molecule has 0 aliphatic carbocycles. The minimum atomic E-state index is -3.56. The van der Waals surface area contributed by atoms with Gasteiger partial charge in [0.05, 0.1) is 17.9 Å². The van der Waals surface area contributed by atoms with Crippen molar-refractivity contribution in [2.24, 2.45) is 0 Å². The van der Waals surface area contributed by atoms with Crippen molar-refractivity contribution in [1.29, 1.82) is 0 Å². The van der Waals surface area contributed by atoms with E-state index in [1.54, 1.807) is 6.07 Å². The molecule has 0 amide bonds. The Morgan fingerprint density at radius 1 is 1.33 bits per heavy atom. The predicted molar refractivity (Wildman–Crippen MR) is 77.5 cm³/mol. The van der Waals surface area contributed by atoms with E-state index in [2.05, 4.69) is 0 Å². The van der Waals surface area contributed by atoms with Crippen LogP contribution in [0.3, 0.4) is 0 Å². The summed E-state index contributed by atoms with van der Waals surface area (Å²) in [4.78, 5) is 10.9. The van der Waals surface area contributed by atoms with E-state index in [1.165, 1.54) is 22.5 Å². The van der Waals surface area contributed by atoms with Crippen molar-refractivity contribution in [3.63, 3.8) is 0 Å². The quantitative estimate of drug-likeness (QED) is 0.847. The van der Waals surface area contributed by atoms with Gasteiger partial charge in [0.15, 0.2) is 0 Å². The zero-order chi connectivity index (χ0) is 15.5. The van der Waals surface area contributed by atoms with Gasteiger partial charge in [-0.1, -0.05) is 18.6 Å². The molecule has 1 aromatic rings. The number of hydrogen-bond acceptors (Lipinski definition) is 4. The fourth-order valence-corrected chi connectivity index (χ4v) is 4.41. The highest BCUT2D eigenvalue weighted by molar-refractivity contribution is 7.88. The standard InChI is InChI=1S/C14H19NO5S/c16-9-13-6-1-2-7-15(13)21(19,20)10-11-4-3-5-12(8-11)14(17)18/h3-5,8,13,16H,1-2,6-7,9-10H2,(H,17,18). The molecule has 1 heterocycles. The number of nitrogens with zero attached hydrogens (tertiary/aromatic N) is 1. The number of hydrogen-bond donors (Lipinski definition) is 2. The molecule has 0 spiro atoms. The molecule has 7 heteroatoms. The molecule has 2 N–H and O–H groups in total. The molecule has 0 bridgehead atoms. The monoisotopic (exact) mass is 313 g/mol. The van der Waals surface area contributed by atoms with Crippen LogP contribution in [0.5, 0.6) is 0 Å². The highest BCUT2D eigenvalue weighted by atomic mass is 32.2. The van der Waals surface area contributed by atoms with Crippen LogP contribution in [-0.2, 0) is 15.8 Å². The Morgan fingerprint density at radius 3 is 2.76 bits per heavy atom. The van der Waals surface area contributed by atoms with E-state index in [-0.39, 0.29) is 24.0 Å². The van der Waals surface area contributed by atoms with Gasteiger partial charge < -0.3 is 10.2 Å². The Kier molecular flexibility index (Phi) is 4.97. The molecule has 1 aromatic carbocycles. The predicted octanol–water partition coefficient (Wildman–Crippen LogP) is 1.06. The Balaban J connectivity index is 2.20. The van der Waals surface area contributed by atoms with Crippen LogP contribution in [0, 0.1) is 0 Å². The number of piperidine rings is 1. The summed E-state index contributed by atoms with van der Waals surface area (Å²) >= 11 is 0. The van der Waals surface area contributed by atoms with Crippen molar-refractivity contribution in [3.8, 4) is 0 Å². The van der Waals surface area contributed by atoms with Gasteiger partial charge in [-0.15, -0.1) is 0 Å². The zero-order valence-corrected chi connectivity index (χ0v) is 12.4. The lowest BCUT2D eigenvalue weighted by atomic mass is 10.1. The van der Waals surface area contributed by atoms with Gasteiger partial charge in [-0.25, -0.2) is 13.2 Å². The van der Waals surface area contributed by atoms with Gasteiger partial charge in [0.2, 0.25) is 10.0 Å². The van der Waals surface area contributed by atoms with Gasteiger partial charge in [0.1, 0.15) is 0 Å². The third kappa shape index (κ3) is 3.81. The summed E-state index contributed by atoms with van der Waals surface area (Å²) < 4.78 is 26.3. The van der Waals surface area contributed by atoms with Crippen molar-refractivity contribution in [1.82, 2.24) is 4.31 Å². The van der Waals surface area contributed by atoms with Crippen LogP contribution in [0.2, 0.25) is 0 Å². The largest absolute Gasteiger partial charge is 0.478 e. The van der Waals surface area contributed by atoms with Gasteiger partial charge in [-0.3, -0.25) is 0 Å². The van der Waals surface area contributed by atoms with Gasteiger partial charge in [-0.05, 0) is 30.5 Å². The van der Waals surface area contributed by atoms with E-state index in [0.717, 1.165) is 12.8 Å². The van der Waals surface area contributed by atoms with Gasteiger partial charge >= 0.3 is 5.97 Å². The van der Waals surface area contributed by atoms with E-state index in [4.69, 9.17) is 5.11 Å². The van der Waals surface area contributed by atoms with Crippen LogP contribution in [0.4, 0.5) is 0 Å². The summed E-state index contributed by atoms with van der Waals surface area (Å²) in [5.74, 6) is -1.33. The summed E-state index contributed by atoms with van der Waals surface area (Å²) in [6.45, 7) is 0.223. The number of carboxylic acids is 1. The first-order chi connectivity index (χ1) is 9.94. The molecule has 1 unspecified atom stereocenters. The fraction of sp³-hybridized carbons (Fsp3) is 0.500. The van der Waals surface area contributed by atoms with Gasteiger partial charge in [-0.2, -0.15) is 4.31 Å². The van der Waals surface area contributed by atoms with E-state index in [0.29, 0.717) is 18.5 Å². The second kappa shape index (κ2) is 6.55. The lowest BCUT2D eigenvalue weighted by Crippen LogP contribution is -2.46. The second-order valence-electron chi connectivity index (χ2n) is 5.20. The summed E-state index contributed by atoms with van der Waals surface area (Å²) in [7, 11) is -3.56. The lowest BCUT2D eigenvalue weighted by Gasteiger charge is -2.33. The molecule has 2 rings (SSSR count). The van der Waals surface area contributed by atoms with Crippen LogP contribution >= 0.6 is 0 Å². The van der Waals surface area contributed by atoms with Crippen LogP contribution in [-0.4, -0.2) is 48.1 Å². The molecule has 0 saturated carbocycles. The molecule has 1 fully saturated rings. The maximum atomic E-state index is 12.5. The number of aliphatic hydroxyl groups is 1. The van der Waals surface area contributed by atoms with Crippen molar-refractivity contribution < 1.29 is 23.4 Å². The molecule has 6 nitrogen and oxygen atoms in total. The highest BCUT2D eigenvalue weighted by Gasteiger charge is 2.31. The van der Waals surface area contributed by atoms with E-state index < -0.39 is 16.0 Å². The Morgan fingerprint density at radius 2 is 2.10 bits per heavy atom. The second-order valence-corrected chi connectivity index (χ2v) is 7.13. The number of aromatic carboxylic acids is 1. The average molecular weight is 313 g/mol. The SMILES string of the molecule is O=C(O)c1cccc(CS(=O)(=O)N2CCCCC2CO)c1. The third-order valence-corrected chi connectivity index (χ3v) is 5.56. The van der Waals surface area contributed by atoms with E-state index in [9.17, 15) is 18.3 Å². The number of sulfonamides is 1. The molecule has 0 aromatic heterocycles. The number of carboxylic acid groups (broad SMARTS) is 1. The zero-order valence-electron chi connectivity index (χ0n) is 11.6. The van der Waals surface area contributed by atoms with Crippen molar-refractivity contribution >= 4 is 16.0 Å². The van der Waals surface area contributed by atoms with Crippen LogP contribution in [0.15, 0.2) is 24.3 Å². The van der Waals surface area contributed by atoms with Gasteiger partial charge in [0, 0.05) is 12.6 Å². The summed E-state index contributed by atoms with van der Waals surface area (Å²) in [5, 5.41) is 18.3. The molecule has 1 aliphatic heterocycles. The topological polar surface area (TPSA) is 94.9 Å². The first-order valence-corrected chi connectivity index (χ1v) is 8.47. The maximum Gasteiger partial charge on any atom is 0.335 e. The minimum Gasteiger partial charge on any atom is -0.478 e. The van der Waals surface area contributed by atoms with Crippen molar-refractivity contribution in [2.45, 2.75) is 31.1 Å². The highest BCUT2D eigenvalue weighted by Crippen LogP contribution is 2.22. The lowest BCUT2D eigenvalue weighted by molar-refractivity contribution is 0.0696. The Labute approximate surface area is 124 Å². The summed E-state index contributed by atoms with van der Waals surface area (Å²) in [5.41, 5.74) is 0.511. The molecular weight excluding hydrogens is 294 g/mol. The molecule has 116 valence electrons. The fourth-order valence-electron chi connectivity index (χ4n) is 2.61. The molecule has 21 heavy (non-hydrogen) atoms. The first kappa shape index (κ1) is 15.9.